The highest BCUT2D eigenvalue weighted by Crippen LogP contribution is 2.13. The lowest BCUT2D eigenvalue weighted by atomic mass is 10.3. The molecule has 2 N–H and O–H groups in total. The molecule has 6 heteroatoms. The SMILES string of the molecule is C=CCNC(=NCc1ncc(CC)s1)NCCc1ccco1. The van der Waals surface area contributed by atoms with Crippen LogP contribution in [0.3, 0.4) is 0 Å². The quantitative estimate of drug-likeness (QED) is 0.446. The van der Waals surface area contributed by atoms with E-state index in [2.05, 4.69) is 34.1 Å². The summed E-state index contributed by atoms with van der Waals surface area (Å²) in [6, 6.07) is 3.87. The molecule has 2 aromatic heterocycles. The Balaban J connectivity index is 1.86. The smallest absolute Gasteiger partial charge is 0.191 e. The minimum atomic E-state index is 0.581. The van der Waals surface area contributed by atoms with Crippen LogP contribution in [0, 0.1) is 0 Å². The highest BCUT2D eigenvalue weighted by Gasteiger charge is 2.02. The highest BCUT2D eigenvalue weighted by molar-refractivity contribution is 7.11. The molecular weight excluding hydrogens is 296 g/mol. The van der Waals surface area contributed by atoms with Crippen molar-refractivity contribution in [2.45, 2.75) is 26.3 Å². The number of hydrogen-bond donors (Lipinski definition) is 2. The van der Waals surface area contributed by atoms with Gasteiger partial charge < -0.3 is 15.1 Å². The number of nitrogens with zero attached hydrogens (tertiary/aromatic N) is 2. The lowest BCUT2D eigenvalue weighted by Crippen LogP contribution is -2.38. The van der Waals surface area contributed by atoms with E-state index >= 15 is 0 Å². The first-order chi connectivity index (χ1) is 10.8. The number of furan rings is 1. The average Bonchev–Trinajstić information content (AvgIpc) is 3.20. The maximum Gasteiger partial charge on any atom is 0.191 e. The molecule has 2 rings (SSSR count). The van der Waals surface area contributed by atoms with Crippen molar-refractivity contribution in [1.82, 2.24) is 15.6 Å². The van der Waals surface area contributed by atoms with Crippen molar-refractivity contribution in [2.24, 2.45) is 4.99 Å². The lowest BCUT2D eigenvalue weighted by Gasteiger charge is -2.10. The van der Waals surface area contributed by atoms with Crippen LogP contribution in [-0.2, 0) is 19.4 Å². The van der Waals surface area contributed by atoms with Gasteiger partial charge in [-0.2, -0.15) is 0 Å². The van der Waals surface area contributed by atoms with Crippen LogP contribution in [0.25, 0.3) is 0 Å². The van der Waals surface area contributed by atoms with Crippen molar-refractivity contribution >= 4 is 17.3 Å². The second kappa shape index (κ2) is 9.04. The fourth-order valence-electron chi connectivity index (χ4n) is 1.83. The van der Waals surface area contributed by atoms with E-state index in [-0.39, 0.29) is 0 Å². The molecule has 0 unspecified atom stereocenters. The molecule has 0 amide bonds. The molecule has 0 saturated heterocycles. The molecule has 0 aliphatic rings. The highest BCUT2D eigenvalue weighted by atomic mass is 32.1. The summed E-state index contributed by atoms with van der Waals surface area (Å²) in [4.78, 5) is 10.2. The van der Waals surface area contributed by atoms with Gasteiger partial charge in [-0.15, -0.1) is 17.9 Å². The van der Waals surface area contributed by atoms with E-state index in [1.807, 2.05) is 24.4 Å². The number of aromatic nitrogens is 1. The van der Waals surface area contributed by atoms with Gasteiger partial charge >= 0.3 is 0 Å². The van der Waals surface area contributed by atoms with Crippen molar-refractivity contribution in [3.63, 3.8) is 0 Å². The molecule has 2 aromatic rings. The monoisotopic (exact) mass is 318 g/mol. The fraction of sp³-hybridized carbons (Fsp3) is 0.375. The van der Waals surface area contributed by atoms with Gasteiger partial charge in [0.15, 0.2) is 5.96 Å². The van der Waals surface area contributed by atoms with Crippen molar-refractivity contribution in [3.05, 3.63) is 52.9 Å². The summed E-state index contributed by atoms with van der Waals surface area (Å²) in [5.74, 6) is 1.72. The first kappa shape index (κ1) is 16.3. The molecule has 0 fully saturated rings. The summed E-state index contributed by atoms with van der Waals surface area (Å²) in [6.07, 6.45) is 7.26. The van der Waals surface area contributed by atoms with E-state index in [0.717, 1.165) is 36.1 Å². The molecule has 0 spiro atoms. The Hall–Kier alpha value is -2.08. The molecule has 0 aliphatic heterocycles. The molecular formula is C16H22N4OS. The van der Waals surface area contributed by atoms with Gasteiger partial charge in [-0.25, -0.2) is 9.98 Å². The summed E-state index contributed by atoms with van der Waals surface area (Å²) in [5, 5.41) is 7.53. The number of aliphatic imine (C=N–C) groups is 1. The van der Waals surface area contributed by atoms with Gasteiger partial charge in [0.25, 0.3) is 0 Å². The van der Waals surface area contributed by atoms with Crippen LogP contribution in [0.15, 0.2) is 46.7 Å². The topological polar surface area (TPSA) is 62.5 Å². The number of guanidine groups is 1. The Morgan fingerprint density at radius 2 is 2.41 bits per heavy atom. The summed E-state index contributed by atoms with van der Waals surface area (Å²) in [5.41, 5.74) is 0. The Kier molecular flexibility index (Phi) is 6.70. The standard InChI is InChI=1S/C16H22N4OS/c1-3-8-17-16(18-9-7-13-6-5-10-21-13)20-12-15-19-11-14(4-2)22-15/h3,5-6,10-11H,1,4,7-9,12H2,2H3,(H2,17,18,20). The Morgan fingerprint density at radius 1 is 1.50 bits per heavy atom. The summed E-state index contributed by atoms with van der Waals surface area (Å²) in [7, 11) is 0. The van der Waals surface area contributed by atoms with Crippen LogP contribution in [-0.4, -0.2) is 24.0 Å². The minimum Gasteiger partial charge on any atom is -0.469 e. The van der Waals surface area contributed by atoms with Gasteiger partial charge in [0.1, 0.15) is 10.8 Å². The van der Waals surface area contributed by atoms with E-state index in [1.54, 1.807) is 17.6 Å². The largest absolute Gasteiger partial charge is 0.469 e. The van der Waals surface area contributed by atoms with Crippen molar-refractivity contribution in [2.75, 3.05) is 13.1 Å². The van der Waals surface area contributed by atoms with Crippen LogP contribution in [0.4, 0.5) is 0 Å². The first-order valence-electron chi connectivity index (χ1n) is 7.41. The second-order valence-corrected chi connectivity index (χ2v) is 5.86. The maximum atomic E-state index is 5.32. The van der Waals surface area contributed by atoms with Crippen molar-refractivity contribution < 1.29 is 4.42 Å². The van der Waals surface area contributed by atoms with Gasteiger partial charge in [0.05, 0.1) is 12.8 Å². The third-order valence-electron chi connectivity index (χ3n) is 2.98. The molecule has 0 radical (unpaired) electrons. The maximum absolute atomic E-state index is 5.32. The normalized spacial score (nSPS) is 11.4. The Labute approximate surface area is 135 Å². The number of thiazole rings is 1. The van der Waals surface area contributed by atoms with Gasteiger partial charge in [-0.3, -0.25) is 0 Å². The lowest BCUT2D eigenvalue weighted by molar-refractivity contribution is 0.507. The molecule has 2 heterocycles. The van der Waals surface area contributed by atoms with E-state index in [1.165, 1.54) is 4.88 Å². The number of aryl methyl sites for hydroxylation is 1. The van der Waals surface area contributed by atoms with E-state index in [9.17, 15) is 0 Å². The zero-order valence-corrected chi connectivity index (χ0v) is 13.7. The molecule has 0 aromatic carbocycles. The molecule has 5 nitrogen and oxygen atoms in total. The average molecular weight is 318 g/mol. The number of nitrogens with one attached hydrogen (secondary N) is 2. The van der Waals surface area contributed by atoms with Gasteiger partial charge in [0.2, 0.25) is 0 Å². The second-order valence-electron chi connectivity index (χ2n) is 4.66. The zero-order valence-electron chi connectivity index (χ0n) is 12.8. The van der Waals surface area contributed by atoms with E-state index in [4.69, 9.17) is 4.42 Å². The molecule has 118 valence electrons. The van der Waals surface area contributed by atoms with Gasteiger partial charge in [0, 0.05) is 30.6 Å². The summed E-state index contributed by atoms with van der Waals surface area (Å²) >= 11 is 1.71. The van der Waals surface area contributed by atoms with Gasteiger partial charge in [-0.05, 0) is 18.6 Å². The summed E-state index contributed by atoms with van der Waals surface area (Å²) < 4.78 is 5.32. The third-order valence-corrected chi connectivity index (χ3v) is 4.11. The van der Waals surface area contributed by atoms with Crippen molar-refractivity contribution in [1.29, 1.82) is 0 Å². The first-order valence-corrected chi connectivity index (χ1v) is 8.22. The van der Waals surface area contributed by atoms with Crippen LogP contribution < -0.4 is 10.6 Å². The van der Waals surface area contributed by atoms with Crippen LogP contribution >= 0.6 is 11.3 Å². The molecule has 0 atom stereocenters. The molecule has 22 heavy (non-hydrogen) atoms. The minimum absolute atomic E-state index is 0.581. The molecule has 0 aliphatic carbocycles. The molecule has 0 bridgehead atoms. The predicted molar refractivity (Wildman–Crippen MR) is 91.2 cm³/mol. The van der Waals surface area contributed by atoms with Crippen molar-refractivity contribution in [3.8, 4) is 0 Å². The Morgan fingerprint density at radius 3 is 3.09 bits per heavy atom. The third kappa shape index (κ3) is 5.37. The molecule has 0 saturated carbocycles. The van der Waals surface area contributed by atoms with Crippen LogP contribution in [0.2, 0.25) is 0 Å². The number of hydrogen-bond acceptors (Lipinski definition) is 4. The van der Waals surface area contributed by atoms with E-state index in [0.29, 0.717) is 13.1 Å². The predicted octanol–water partition coefficient (Wildman–Crippen LogP) is 2.76. The van der Waals surface area contributed by atoms with E-state index < -0.39 is 0 Å². The van der Waals surface area contributed by atoms with Gasteiger partial charge in [-0.1, -0.05) is 13.0 Å². The zero-order chi connectivity index (χ0) is 15.6. The summed E-state index contributed by atoms with van der Waals surface area (Å²) in [6.45, 7) is 7.86. The Bertz CT molecular complexity index is 589. The number of rotatable bonds is 8. The van der Waals surface area contributed by atoms with Crippen LogP contribution in [0.5, 0.6) is 0 Å². The van der Waals surface area contributed by atoms with Crippen LogP contribution in [0.1, 0.15) is 22.6 Å². The fourth-order valence-corrected chi connectivity index (χ4v) is 2.62.